The molecule has 1 saturated heterocycles. The van der Waals surface area contributed by atoms with Crippen LogP contribution in [-0.4, -0.2) is 24.5 Å². The van der Waals surface area contributed by atoms with E-state index >= 15 is 0 Å². The van der Waals surface area contributed by atoms with E-state index in [9.17, 15) is 0 Å². The van der Waals surface area contributed by atoms with E-state index in [4.69, 9.17) is 5.73 Å². The van der Waals surface area contributed by atoms with Crippen LogP contribution < -0.4 is 5.73 Å². The molecule has 2 unspecified atom stereocenters. The molecule has 2 rings (SSSR count). The van der Waals surface area contributed by atoms with Gasteiger partial charge in [0.25, 0.3) is 0 Å². The second-order valence-electron chi connectivity index (χ2n) is 5.35. The highest BCUT2D eigenvalue weighted by Gasteiger charge is 2.25. The van der Waals surface area contributed by atoms with Gasteiger partial charge in [-0.2, -0.15) is 0 Å². The fraction of sp³-hybridized carbons (Fsp3) is 0.500. The zero-order valence-electron chi connectivity index (χ0n) is 11.3. The van der Waals surface area contributed by atoms with Crippen LogP contribution in [0.3, 0.4) is 0 Å². The summed E-state index contributed by atoms with van der Waals surface area (Å²) < 4.78 is 0. The van der Waals surface area contributed by atoms with Crippen LogP contribution in [0.5, 0.6) is 0 Å². The minimum atomic E-state index is 0.422. The number of benzene rings is 1. The fourth-order valence-electron chi connectivity index (χ4n) is 2.54. The number of nitrogens with zero attached hydrogens (tertiary/aromatic N) is 1. The Morgan fingerprint density at radius 1 is 1.28 bits per heavy atom. The van der Waals surface area contributed by atoms with E-state index in [1.54, 1.807) is 0 Å². The molecule has 2 atom stereocenters. The molecular weight excluding hydrogens is 220 g/mol. The number of hydrogen-bond acceptors (Lipinski definition) is 2. The number of rotatable bonds is 2. The van der Waals surface area contributed by atoms with E-state index < -0.39 is 0 Å². The van der Waals surface area contributed by atoms with E-state index in [1.165, 1.54) is 18.7 Å². The standard InChI is InChI=1S/C16H22N2/c1-13-10-18(11-14(13)2)12-16-6-3-5-15(9-16)7-4-8-17/h3,5-6,9,13-14H,8,10-12,17H2,1-2H3. The highest BCUT2D eigenvalue weighted by molar-refractivity contribution is 5.37. The van der Waals surface area contributed by atoms with Crippen molar-refractivity contribution in [1.29, 1.82) is 0 Å². The van der Waals surface area contributed by atoms with Gasteiger partial charge in [0.15, 0.2) is 0 Å². The Kier molecular flexibility index (Phi) is 4.41. The first-order valence-corrected chi connectivity index (χ1v) is 6.69. The van der Waals surface area contributed by atoms with E-state index in [0.29, 0.717) is 6.54 Å². The average molecular weight is 242 g/mol. The summed E-state index contributed by atoms with van der Waals surface area (Å²) in [4.78, 5) is 2.53. The molecule has 0 bridgehead atoms. The Labute approximate surface area is 110 Å². The van der Waals surface area contributed by atoms with Gasteiger partial charge < -0.3 is 5.73 Å². The van der Waals surface area contributed by atoms with Gasteiger partial charge in [0, 0.05) is 25.2 Å². The maximum atomic E-state index is 5.40. The number of likely N-dealkylation sites (tertiary alicyclic amines) is 1. The van der Waals surface area contributed by atoms with E-state index in [1.807, 2.05) is 6.07 Å². The summed E-state index contributed by atoms with van der Waals surface area (Å²) in [7, 11) is 0. The molecule has 0 radical (unpaired) electrons. The molecule has 2 heteroatoms. The maximum Gasteiger partial charge on any atom is 0.0555 e. The van der Waals surface area contributed by atoms with Gasteiger partial charge in [-0.25, -0.2) is 0 Å². The minimum Gasteiger partial charge on any atom is -0.320 e. The summed E-state index contributed by atoms with van der Waals surface area (Å²) in [5.41, 5.74) is 7.81. The summed E-state index contributed by atoms with van der Waals surface area (Å²) in [5.74, 6) is 7.62. The molecular formula is C16H22N2. The van der Waals surface area contributed by atoms with Crippen LogP contribution in [0.15, 0.2) is 24.3 Å². The minimum absolute atomic E-state index is 0.422. The summed E-state index contributed by atoms with van der Waals surface area (Å²) >= 11 is 0. The van der Waals surface area contributed by atoms with Gasteiger partial charge in [-0.3, -0.25) is 4.90 Å². The molecule has 18 heavy (non-hydrogen) atoms. The number of hydrogen-bond donors (Lipinski definition) is 1. The van der Waals surface area contributed by atoms with Crippen LogP contribution in [0.4, 0.5) is 0 Å². The Balaban J connectivity index is 2.01. The third kappa shape index (κ3) is 3.35. The second kappa shape index (κ2) is 6.04. The van der Waals surface area contributed by atoms with Crippen molar-refractivity contribution < 1.29 is 0 Å². The summed E-state index contributed by atoms with van der Waals surface area (Å²) in [6, 6.07) is 8.48. The van der Waals surface area contributed by atoms with E-state index in [-0.39, 0.29) is 0 Å². The zero-order chi connectivity index (χ0) is 13.0. The van der Waals surface area contributed by atoms with Crippen molar-refractivity contribution in [2.75, 3.05) is 19.6 Å². The second-order valence-corrected chi connectivity index (χ2v) is 5.35. The fourth-order valence-corrected chi connectivity index (χ4v) is 2.54. The lowest BCUT2D eigenvalue weighted by Gasteiger charge is -2.15. The highest BCUT2D eigenvalue weighted by Crippen LogP contribution is 2.23. The van der Waals surface area contributed by atoms with Crippen molar-refractivity contribution >= 4 is 0 Å². The summed E-state index contributed by atoms with van der Waals surface area (Å²) in [5, 5.41) is 0. The molecule has 0 amide bonds. The Morgan fingerprint density at radius 3 is 2.67 bits per heavy atom. The third-order valence-corrected chi connectivity index (χ3v) is 3.73. The van der Waals surface area contributed by atoms with E-state index in [0.717, 1.165) is 23.9 Å². The van der Waals surface area contributed by atoms with Crippen molar-refractivity contribution in [1.82, 2.24) is 4.90 Å². The summed E-state index contributed by atoms with van der Waals surface area (Å²) in [6.45, 7) is 8.56. The van der Waals surface area contributed by atoms with Crippen molar-refractivity contribution in [3.05, 3.63) is 35.4 Å². The van der Waals surface area contributed by atoms with Gasteiger partial charge >= 0.3 is 0 Å². The monoisotopic (exact) mass is 242 g/mol. The Bertz CT molecular complexity index is 446. The van der Waals surface area contributed by atoms with Gasteiger partial charge in [-0.1, -0.05) is 37.8 Å². The lowest BCUT2D eigenvalue weighted by molar-refractivity contribution is 0.316. The first-order chi connectivity index (χ1) is 8.69. The SMILES string of the molecule is CC1CN(Cc2cccc(C#CCN)c2)CC1C. The molecule has 1 fully saturated rings. The topological polar surface area (TPSA) is 29.3 Å². The number of nitrogens with two attached hydrogens (primary N) is 1. The molecule has 1 aromatic carbocycles. The Hall–Kier alpha value is -1.30. The molecule has 2 N–H and O–H groups in total. The molecule has 96 valence electrons. The highest BCUT2D eigenvalue weighted by atomic mass is 15.1. The molecule has 0 aromatic heterocycles. The van der Waals surface area contributed by atoms with Crippen molar-refractivity contribution in [3.8, 4) is 11.8 Å². The lowest BCUT2D eigenvalue weighted by atomic mass is 10.0. The first-order valence-electron chi connectivity index (χ1n) is 6.69. The Morgan fingerprint density at radius 2 is 2.00 bits per heavy atom. The van der Waals surface area contributed by atoms with Crippen LogP contribution in [0, 0.1) is 23.7 Å². The molecule has 0 aliphatic carbocycles. The quantitative estimate of drug-likeness (QED) is 0.805. The lowest BCUT2D eigenvalue weighted by Crippen LogP contribution is -2.20. The van der Waals surface area contributed by atoms with Crippen molar-refractivity contribution in [3.63, 3.8) is 0 Å². The normalized spacial score (nSPS) is 23.7. The predicted octanol–water partition coefficient (Wildman–Crippen LogP) is 2.08. The van der Waals surface area contributed by atoms with Gasteiger partial charge in [0.1, 0.15) is 0 Å². The van der Waals surface area contributed by atoms with Crippen LogP contribution in [-0.2, 0) is 6.54 Å². The van der Waals surface area contributed by atoms with Crippen LogP contribution in [0.25, 0.3) is 0 Å². The smallest absolute Gasteiger partial charge is 0.0555 e. The maximum absolute atomic E-state index is 5.40. The molecule has 0 saturated carbocycles. The average Bonchev–Trinajstić information content (AvgIpc) is 2.66. The van der Waals surface area contributed by atoms with Crippen LogP contribution in [0.1, 0.15) is 25.0 Å². The van der Waals surface area contributed by atoms with Crippen molar-refractivity contribution in [2.45, 2.75) is 20.4 Å². The molecule has 1 aromatic rings. The zero-order valence-corrected chi connectivity index (χ0v) is 11.3. The molecule has 1 aliphatic heterocycles. The molecule has 1 aliphatic rings. The third-order valence-electron chi connectivity index (χ3n) is 3.73. The largest absolute Gasteiger partial charge is 0.320 e. The summed E-state index contributed by atoms with van der Waals surface area (Å²) in [6.07, 6.45) is 0. The predicted molar refractivity (Wildman–Crippen MR) is 76.0 cm³/mol. The molecule has 1 heterocycles. The van der Waals surface area contributed by atoms with Gasteiger partial charge in [-0.05, 0) is 29.5 Å². The van der Waals surface area contributed by atoms with Gasteiger partial charge in [0.2, 0.25) is 0 Å². The molecule has 2 nitrogen and oxygen atoms in total. The van der Waals surface area contributed by atoms with Crippen LogP contribution in [0.2, 0.25) is 0 Å². The first kappa shape index (κ1) is 13.1. The van der Waals surface area contributed by atoms with Crippen molar-refractivity contribution in [2.24, 2.45) is 17.6 Å². The van der Waals surface area contributed by atoms with Gasteiger partial charge in [0.05, 0.1) is 6.54 Å². The van der Waals surface area contributed by atoms with E-state index in [2.05, 4.69) is 48.8 Å². The molecule has 0 spiro atoms. The van der Waals surface area contributed by atoms with Gasteiger partial charge in [-0.15, -0.1) is 0 Å². The van der Waals surface area contributed by atoms with Crippen LogP contribution >= 0.6 is 0 Å².